The largest absolute Gasteiger partial charge is 0.394 e. The van der Waals surface area contributed by atoms with Gasteiger partial charge in [-0.3, -0.25) is 0 Å². The first-order valence-electron chi connectivity index (χ1n) is 13.3. The lowest BCUT2D eigenvalue weighted by atomic mass is 9.57. The van der Waals surface area contributed by atoms with Crippen molar-refractivity contribution in [3.63, 3.8) is 0 Å². The first kappa shape index (κ1) is 24.9. The standard InChI is InChI=1S/C26H42O9/c1-12-14-7-17(34-21-20(31)19(30)18(29)15(10-27)33-21)22(2,3)26(14)16(28)9-24-8-13(23(4,32)11-24)5-6-25(12,24)35-26/h12-21,27-32H,5-11H2,1-4H3/t12-,13+,14-,15+,16+,17-,18+,19-,20+,21-,23+,24+,25+,26-/m0/s1. The van der Waals surface area contributed by atoms with Gasteiger partial charge in [-0.05, 0) is 63.2 Å². The van der Waals surface area contributed by atoms with Crippen molar-refractivity contribution in [3.8, 4) is 0 Å². The molecule has 3 aliphatic heterocycles. The molecule has 3 aliphatic carbocycles. The molecule has 3 saturated carbocycles. The van der Waals surface area contributed by atoms with Crippen molar-refractivity contribution in [1.82, 2.24) is 0 Å². The first-order valence-corrected chi connectivity index (χ1v) is 13.3. The molecule has 3 heterocycles. The minimum atomic E-state index is -1.50. The molecule has 0 aromatic heterocycles. The number of hydrogen-bond donors (Lipinski definition) is 6. The van der Waals surface area contributed by atoms with Crippen molar-refractivity contribution in [2.45, 2.75) is 126 Å². The summed E-state index contributed by atoms with van der Waals surface area (Å²) in [7, 11) is 0. The summed E-state index contributed by atoms with van der Waals surface area (Å²) >= 11 is 0. The minimum absolute atomic E-state index is 0.0175. The van der Waals surface area contributed by atoms with Gasteiger partial charge in [0.25, 0.3) is 0 Å². The molecule has 0 aromatic carbocycles. The SMILES string of the molecule is C[C@H]1[C@@H]2C[C@H](O[C@@H]3O[C@H](CO)[C@@H](O)[C@H](O)[C@H]3O)C(C)(C)[C@]23O[C@]12CC[C@@H]1C[C@@]2(C[C@H]3O)C[C@@]1(C)O. The Morgan fingerprint density at radius 2 is 1.71 bits per heavy atom. The average molecular weight is 499 g/mol. The molecular formula is C26H42O9. The topological polar surface area (TPSA) is 149 Å². The second-order valence-corrected chi connectivity index (χ2v) is 13.4. The quantitative estimate of drug-likeness (QED) is 0.318. The van der Waals surface area contributed by atoms with Crippen LogP contribution >= 0.6 is 0 Å². The number of aliphatic hydroxyl groups is 6. The predicted octanol–water partition coefficient (Wildman–Crippen LogP) is 0.0673. The lowest BCUT2D eigenvalue weighted by Crippen LogP contribution is -2.66. The van der Waals surface area contributed by atoms with Crippen LogP contribution in [0.3, 0.4) is 0 Å². The number of ether oxygens (including phenoxy) is 3. The van der Waals surface area contributed by atoms with Gasteiger partial charge in [0.1, 0.15) is 30.0 Å². The van der Waals surface area contributed by atoms with Gasteiger partial charge in [-0.1, -0.05) is 20.8 Å². The third-order valence-electron chi connectivity index (χ3n) is 11.7. The maximum absolute atomic E-state index is 11.8. The molecule has 35 heavy (non-hydrogen) atoms. The average Bonchev–Trinajstić information content (AvgIpc) is 3.24. The summed E-state index contributed by atoms with van der Waals surface area (Å²) in [5.74, 6) is 0.405. The molecule has 6 N–H and O–H groups in total. The van der Waals surface area contributed by atoms with E-state index in [1.54, 1.807) is 0 Å². The van der Waals surface area contributed by atoms with Crippen molar-refractivity contribution >= 4 is 0 Å². The summed E-state index contributed by atoms with van der Waals surface area (Å²) < 4.78 is 19.1. The van der Waals surface area contributed by atoms with E-state index in [1.807, 2.05) is 20.8 Å². The van der Waals surface area contributed by atoms with Gasteiger partial charge in [0.05, 0.1) is 30.0 Å². The number of fused-ring (bicyclic) bond motifs is 1. The van der Waals surface area contributed by atoms with E-state index in [-0.39, 0.29) is 28.8 Å². The Morgan fingerprint density at radius 1 is 1.00 bits per heavy atom. The zero-order chi connectivity index (χ0) is 25.3. The Hall–Kier alpha value is -0.360. The van der Waals surface area contributed by atoms with Gasteiger partial charge in [0, 0.05) is 10.8 Å². The second-order valence-electron chi connectivity index (χ2n) is 13.4. The summed E-state index contributed by atoms with van der Waals surface area (Å²) in [5, 5.41) is 63.5. The highest BCUT2D eigenvalue weighted by Gasteiger charge is 2.83. The molecule has 3 saturated heterocycles. The Bertz CT molecular complexity index is 877. The number of aliphatic hydroxyl groups excluding tert-OH is 5. The number of rotatable bonds is 3. The highest BCUT2D eigenvalue weighted by Crippen LogP contribution is 2.78. The Kier molecular flexibility index (Phi) is 5.27. The minimum Gasteiger partial charge on any atom is -0.394 e. The molecule has 9 nitrogen and oxygen atoms in total. The first-order chi connectivity index (χ1) is 16.3. The van der Waals surface area contributed by atoms with Crippen LogP contribution in [0.15, 0.2) is 0 Å². The second kappa shape index (κ2) is 7.39. The van der Waals surface area contributed by atoms with Gasteiger partial charge in [0.2, 0.25) is 0 Å². The molecule has 14 atom stereocenters. The van der Waals surface area contributed by atoms with Crippen LogP contribution in [0.4, 0.5) is 0 Å². The van der Waals surface area contributed by atoms with Crippen molar-refractivity contribution in [2.75, 3.05) is 6.61 Å². The van der Waals surface area contributed by atoms with Crippen molar-refractivity contribution in [2.24, 2.45) is 28.6 Å². The lowest BCUT2D eigenvalue weighted by molar-refractivity contribution is -0.334. The third-order valence-corrected chi connectivity index (χ3v) is 11.7. The van der Waals surface area contributed by atoms with E-state index in [0.717, 1.165) is 19.3 Å². The highest BCUT2D eigenvalue weighted by atomic mass is 16.7. The molecule has 9 heteroatoms. The summed E-state index contributed by atoms with van der Waals surface area (Å²) in [6.45, 7) is 7.72. The highest BCUT2D eigenvalue weighted by molar-refractivity contribution is 5.31. The molecule has 3 spiro atoms. The van der Waals surface area contributed by atoms with Crippen molar-refractivity contribution < 1.29 is 44.8 Å². The maximum Gasteiger partial charge on any atom is 0.186 e. The molecule has 0 aromatic rings. The van der Waals surface area contributed by atoms with Crippen LogP contribution < -0.4 is 0 Å². The fourth-order valence-corrected chi connectivity index (χ4v) is 9.95. The molecule has 0 amide bonds. The molecule has 200 valence electrons. The van der Waals surface area contributed by atoms with Gasteiger partial charge < -0.3 is 44.8 Å². The van der Waals surface area contributed by atoms with Gasteiger partial charge in [-0.25, -0.2) is 0 Å². The van der Waals surface area contributed by atoms with E-state index < -0.39 is 66.1 Å². The Morgan fingerprint density at radius 3 is 2.40 bits per heavy atom. The van der Waals surface area contributed by atoms with Gasteiger partial charge in [0.15, 0.2) is 6.29 Å². The van der Waals surface area contributed by atoms with E-state index in [4.69, 9.17) is 14.2 Å². The normalized spacial score (nSPS) is 62.6. The third kappa shape index (κ3) is 2.80. The zero-order valence-corrected chi connectivity index (χ0v) is 21.1. The zero-order valence-electron chi connectivity index (χ0n) is 21.1. The molecule has 4 bridgehead atoms. The smallest absolute Gasteiger partial charge is 0.186 e. The monoisotopic (exact) mass is 498 g/mol. The van der Waals surface area contributed by atoms with E-state index in [2.05, 4.69) is 6.92 Å². The van der Waals surface area contributed by atoms with Crippen LogP contribution in [0.25, 0.3) is 0 Å². The van der Waals surface area contributed by atoms with Crippen LogP contribution in [0, 0.1) is 28.6 Å². The van der Waals surface area contributed by atoms with Crippen molar-refractivity contribution in [1.29, 1.82) is 0 Å². The number of hydrogen-bond acceptors (Lipinski definition) is 9. The molecular weight excluding hydrogens is 456 g/mol. The van der Waals surface area contributed by atoms with E-state index in [0.29, 0.717) is 19.3 Å². The van der Waals surface area contributed by atoms with Crippen molar-refractivity contribution in [3.05, 3.63) is 0 Å². The summed E-state index contributed by atoms with van der Waals surface area (Å²) in [6.07, 6.45) is -3.31. The molecule has 6 rings (SSSR count). The summed E-state index contributed by atoms with van der Waals surface area (Å²) in [4.78, 5) is 0. The van der Waals surface area contributed by atoms with E-state index in [1.165, 1.54) is 0 Å². The van der Waals surface area contributed by atoms with Crippen LogP contribution in [-0.4, -0.2) is 97.0 Å². The molecule has 0 radical (unpaired) electrons. The van der Waals surface area contributed by atoms with E-state index >= 15 is 0 Å². The molecule has 6 fully saturated rings. The lowest BCUT2D eigenvalue weighted by Gasteiger charge is -2.60. The fraction of sp³-hybridized carbons (Fsp3) is 1.00. The van der Waals surface area contributed by atoms with Gasteiger partial charge >= 0.3 is 0 Å². The Labute approximate surface area is 206 Å². The maximum atomic E-state index is 11.8. The fourth-order valence-electron chi connectivity index (χ4n) is 9.95. The van der Waals surface area contributed by atoms with E-state index in [9.17, 15) is 30.6 Å². The van der Waals surface area contributed by atoms with Crippen LogP contribution in [0.1, 0.15) is 66.2 Å². The van der Waals surface area contributed by atoms with Gasteiger partial charge in [-0.15, -0.1) is 0 Å². The summed E-state index contributed by atoms with van der Waals surface area (Å²) in [6, 6.07) is 0. The van der Waals surface area contributed by atoms with Gasteiger partial charge in [-0.2, -0.15) is 0 Å². The predicted molar refractivity (Wildman–Crippen MR) is 122 cm³/mol. The molecule has 0 unspecified atom stereocenters. The Balaban J connectivity index is 1.31. The van der Waals surface area contributed by atoms with Crippen LogP contribution in [0.5, 0.6) is 0 Å². The molecule has 6 aliphatic rings. The van der Waals surface area contributed by atoms with Crippen LogP contribution in [0.2, 0.25) is 0 Å². The van der Waals surface area contributed by atoms with Crippen LogP contribution in [-0.2, 0) is 14.2 Å². The summed E-state index contributed by atoms with van der Waals surface area (Å²) in [5.41, 5.74) is -2.85.